The number of nitrogens with one attached hydrogen (secondary N) is 1. The van der Waals surface area contributed by atoms with Gasteiger partial charge in [-0.2, -0.15) is 0 Å². The lowest BCUT2D eigenvalue weighted by atomic mass is 10.2. The molecule has 0 radical (unpaired) electrons. The average Bonchev–Trinajstić information content (AvgIpc) is 3.25. The van der Waals surface area contributed by atoms with Gasteiger partial charge in [-0.1, -0.05) is 35.3 Å². The largest absolute Gasteiger partial charge is 0.495 e. The van der Waals surface area contributed by atoms with Gasteiger partial charge in [0.25, 0.3) is 0 Å². The summed E-state index contributed by atoms with van der Waals surface area (Å²) in [6.07, 6.45) is 0. The first-order valence-corrected chi connectivity index (χ1v) is 11.5. The number of anilines is 2. The minimum absolute atomic E-state index is 0.0895. The normalized spacial score (nSPS) is 14.5. The van der Waals surface area contributed by atoms with Crippen molar-refractivity contribution in [3.05, 3.63) is 57.9 Å². The number of carbonyl (C=O) groups is 1. The van der Waals surface area contributed by atoms with Crippen LogP contribution in [0.4, 0.5) is 10.8 Å². The standard InChI is InChI=1S/C22H22Cl2N4O2S/c1-30-20-7-6-17(24)12-18(20)25-21(29)13-27-8-10-28(11-9-27)22-26-19(14-31-22)15-2-4-16(23)5-3-15/h2-7,12,14H,8-11,13H2,1H3,(H,25,29). The van der Waals surface area contributed by atoms with E-state index in [9.17, 15) is 4.79 Å². The Bertz CT molecular complexity index is 1050. The van der Waals surface area contributed by atoms with E-state index < -0.39 is 0 Å². The van der Waals surface area contributed by atoms with Crippen LogP contribution in [0.5, 0.6) is 5.75 Å². The summed E-state index contributed by atoms with van der Waals surface area (Å²) < 4.78 is 5.29. The lowest BCUT2D eigenvalue weighted by molar-refractivity contribution is -0.117. The maximum absolute atomic E-state index is 12.5. The zero-order valence-electron chi connectivity index (χ0n) is 17.0. The van der Waals surface area contributed by atoms with Gasteiger partial charge in [0.05, 0.1) is 25.0 Å². The number of nitrogens with zero attached hydrogens (tertiary/aromatic N) is 3. The van der Waals surface area contributed by atoms with E-state index in [1.807, 2.05) is 24.3 Å². The summed E-state index contributed by atoms with van der Waals surface area (Å²) in [4.78, 5) is 21.7. The van der Waals surface area contributed by atoms with Gasteiger partial charge in [0.15, 0.2) is 5.13 Å². The maximum atomic E-state index is 12.5. The number of methoxy groups -OCH3 is 1. The Balaban J connectivity index is 1.30. The smallest absolute Gasteiger partial charge is 0.238 e. The Morgan fingerprint density at radius 2 is 1.81 bits per heavy atom. The predicted octanol–water partition coefficient (Wildman–Crippen LogP) is 4.89. The molecular formula is C22H22Cl2N4O2S. The topological polar surface area (TPSA) is 57.7 Å². The molecule has 0 aliphatic carbocycles. The summed E-state index contributed by atoms with van der Waals surface area (Å²) >= 11 is 13.6. The van der Waals surface area contributed by atoms with Crippen LogP contribution in [0.25, 0.3) is 11.3 Å². The van der Waals surface area contributed by atoms with Gasteiger partial charge < -0.3 is 15.0 Å². The van der Waals surface area contributed by atoms with E-state index in [0.717, 1.165) is 42.6 Å². The number of piperazine rings is 1. The SMILES string of the molecule is COc1ccc(Cl)cc1NC(=O)CN1CCN(c2nc(-c3ccc(Cl)cc3)cs2)CC1. The van der Waals surface area contributed by atoms with Gasteiger partial charge in [-0.05, 0) is 30.3 Å². The van der Waals surface area contributed by atoms with Crippen molar-refractivity contribution in [2.45, 2.75) is 0 Å². The molecule has 9 heteroatoms. The second kappa shape index (κ2) is 9.87. The monoisotopic (exact) mass is 476 g/mol. The molecule has 1 saturated heterocycles. The van der Waals surface area contributed by atoms with E-state index in [1.165, 1.54) is 0 Å². The maximum Gasteiger partial charge on any atom is 0.238 e. The molecule has 0 spiro atoms. The number of halogens is 2. The first kappa shape index (κ1) is 21.9. The van der Waals surface area contributed by atoms with Crippen LogP contribution in [0.3, 0.4) is 0 Å². The van der Waals surface area contributed by atoms with Gasteiger partial charge in [0.2, 0.25) is 5.91 Å². The predicted molar refractivity (Wildman–Crippen MR) is 128 cm³/mol. The highest BCUT2D eigenvalue weighted by Crippen LogP contribution is 2.29. The number of rotatable bonds is 6. The minimum atomic E-state index is -0.0895. The number of amides is 1. The molecule has 1 aromatic heterocycles. The third kappa shape index (κ3) is 5.49. The summed E-state index contributed by atoms with van der Waals surface area (Å²) in [5.74, 6) is 0.496. The fraction of sp³-hybridized carbons (Fsp3) is 0.273. The first-order valence-electron chi connectivity index (χ1n) is 9.84. The van der Waals surface area contributed by atoms with E-state index in [-0.39, 0.29) is 5.91 Å². The molecular weight excluding hydrogens is 455 g/mol. The lowest BCUT2D eigenvalue weighted by Crippen LogP contribution is -2.48. The van der Waals surface area contributed by atoms with E-state index in [2.05, 4.69) is 20.5 Å². The van der Waals surface area contributed by atoms with Crippen molar-refractivity contribution in [1.29, 1.82) is 0 Å². The Kier molecular flexibility index (Phi) is 6.97. The van der Waals surface area contributed by atoms with Crippen LogP contribution in [0.1, 0.15) is 0 Å². The zero-order valence-corrected chi connectivity index (χ0v) is 19.3. The number of aromatic nitrogens is 1. The van der Waals surface area contributed by atoms with Crippen LogP contribution < -0.4 is 15.0 Å². The summed E-state index contributed by atoms with van der Waals surface area (Å²) in [6, 6.07) is 12.9. The van der Waals surface area contributed by atoms with Crippen LogP contribution in [-0.2, 0) is 4.79 Å². The van der Waals surface area contributed by atoms with Crippen LogP contribution in [0.15, 0.2) is 47.8 Å². The molecule has 0 atom stereocenters. The van der Waals surface area contributed by atoms with E-state index in [4.69, 9.17) is 32.9 Å². The fourth-order valence-corrected chi connectivity index (χ4v) is 4.62. The summed E-state index contributed by atoms with van der Waals surface area (Å²) in [5.41, 5.74) is 2.59. The molecule has 2 heterocycles. The molecule has 1 fully saturated rings. The fourth-order valence-electron chi connectivity index (χ4n) is 3.43. The van der Waals surface area contributed by atoms with Crippen LogP contribution >= 0.6 is 34.5 Å². The molecule has 1 amide bonds. The quantitative estimate of drug-likeness (QED) is 0.548. The van der Waals surface area contributed by atoms with Gasteiger partial charge in [-0.15, -0.1) is 11.3 Å². The number of hydrogen-bond donors (Lipinski definition) is 1. The molecule has 0 bridgehead atoms. The van der Waals surface area contributed by atoms with E-state index in [0.29, 0.717) is 28.0 Å². The molecule has 31 heavy (non-hydrogen) atoms. The summed E-state index contributed by atoms with van der Waals surface area (Å²) in [5, 5.41) is 7.22. The van der Waals surface area contributed by atoms with Crippen molar-refractivity contribution in [1.82, 2.24) is 9.88 Å². The van der Waals surface area contributed by atoms with Crippen molar-refractivity contribution in [2.24, 2.45) is 0 Å². The van der Waals surface area contributed by atoms with Crippen LogP contribution in [0.2, 0.25) is 10.0 Å². The highest BCUT2D eigenvalue weighted by atomic mass is 35.5. The second-order valence-electron chi connectivity index (χ2n) is 7.18. The van der Waals surface area contributed by atoms with Gasteiger partial charge in [0.1, 0.15) is 5.75 Å². The highest BCUT2D eigenvalue weighted by Gasteiger charge is 2.21. The molecule has 2 aromatic carbocycles. The van der Waals surface area contributed by atoms with Crippen molar-refractivity contribution in [3.8, 4) is 17.0 Å². The summed E-state index contributed by atoms with van der Waals surface area (Å²) in [7, 11) is 1.56. The molecule has 6 nitrogen and oxygen atoms in total. The minimum Gasteiger partial charge on any atom is -0.495 e. The number of thiazole rings is 1. The molecule has 1 aliphatic rings. The van der Waals surface area contributed by atoms with Gasteiger partial charge in [0, 0.05) is 47.2 Å². The molecule has 0 saturated carbocycles. The molecule has 0 unspecified atom stereocenters. The molecule has 1 aliphatic heterocycles. The van der Waals surface area contributed by atoms with Gasteiger partial charge in [-0.3, -0.25) is 9.69 Å². The zero-order chi connectivity index (χ0) is 21.8. The molecule has 4 rings (SSSR count). The van der Waals surface area contributed by atoms with Crippen molar-refractivity contribution in [2.75, 3.05) is 50.1 Å². The van der Waals surface area contributed by atoms with Crippen molar-refractivity contribution < 1.29 is 9.53 Å². The highest BCUT2D eigenvalue weighted by molar-refractivity contribution is 7.14. The second-order valence-corrected chi connectivity index (χ2v) is 8.89. The third-order valence-electron chi connectivity index (χ3n) is 5.08. The van der Waals surface area contributed by atoms with Gasteiger partial charge in [-0.25, -0.2) is 4.98 Å². The van der Waals surface area contributed by atoms with Crippen molar-refractivity contribution in [3.63, 3.8) is 0 Å². The van der Waals surface area contributed by atoms with Crippen LogP contribution in [0, 0.1) is 0 Å². The Hall–Kier alpha value is -2.32. The molecule has 1 N–H and O–H groups in total. The number of hydrogen-bond acceptors (Lipinski definition) is 6. The molecule has 3 aromatic rings. The van der Waals surface area contributed by atoms with Crippen molar-refractivity contribution >= 4 is 51.3 Å². The van der Waals surface area contributed by atoms with Gasteiger partial charge >= 0.3 is 0 Å². The lowest BCUT2D eigenvalue weighted by Gasteiger charge is -2.34. The summed E-state index contributed by atoms with van der Waals surface area (Å²) in [6.45, 7) is 3.53. The van der Waals surface area contributed by atoms with E-state index >= 15 is 0 Å². The third-order valence-corrected chi connectivity index (χ3v) is 6.47. The Labute approximate surface area is 195 Å². The van der Waals surface area contributed by atoms with Crippen LogP contribution in [-0.4, -0.2) is 55.6 Å². The Morgan fingerprint density at radius 3 is 2.52 bits per heavy atom. The molecule has 162 valence electrons. The first-order chi connectivity index (χ1) is 15.0. The number of carbonyl (C=O) groups excluding carboxylic acids is 1. The average molecular weight is 477 g/mol. The van der Waals surface area contributed by atoms with E-state index in [1.54, 1.807) is 36.6 Å². The number of ether oxygens (including phenoxy) is 1. The number of benzene rings is 2. The Morgan fingerprint density at radius 1 is 1.10 bits per heavy atom.